The maximum absolute atomic E-state index is 12.7. The Balaban J connectivity index is 1.33. The van der Waals surface area contributed by atoms with Crippen molar-refractivity contribution < 1.29 is 9.59 Å². The molecule has 2 heterocycles. The van der Waals surface area contributed by atoms with E-state index in [4.69, 9.17) is 0 Å². The maximum Gasteiger partial charge on any atom is 0.229 e. The summed E-state index contributed by atoms with van der Waals surface area (Å²) in [5.74, 6) is -0.440. The van der Waals surface area contributed by atoms with Crippen LogP contribution in [-0.4, -0.2) is 38.0 Å². The summed E-state index contributed by atoms with van der Waals surface area (Å²) in [4.78, 5) is 27.8. The summed E-state index contributed by atoms with van der Waals surface area (Å²) in [5.41, 5.74) is 2.97. The third-order valence-corrected chi connectivity index (χ3v) is 6.14. The molecule has 1 N–H and O–H groups in total. The molecule has 1 saturated heterocycles. The molecule has 1 aliphatic heterocycles. The highest BCUT2D eigenvalue weighted by Crippen LogP contribution is 2.27. The summed E-state index contributed by atoms with van der Waals surface area (Å²) < 4.78 is 1.85. The molecule has 154 valence electrons. The lowest BCUT2D eigenvalue weighted by atomic mass is 10.1. The van der Waals surface area contributed by atoms with Crippen molar-refractivity contribution in [3.63, 3.8) is 0 Å². The number of carbonyl (C=O) groups excluding carboxylic acids is 2. The number of hydrogen-bond donors (Lipinski definition) is 1. The van der Waals surface area contributed by atoms with E-state index in [1.54, 1.807) is 11.2 Å². The largest absolute Gasteiger partial charge is 0.338 e. The van der Waals surface area contributed by atoms with Crippen molar-refractivity contribution in [2.24, 2.45) is 13.0 Å². The van der Waals surface area contributed by atoms with Gasteiger partial charge in [0.05, 0.1) is 5.92 Å². The molecule has 4 rings (SSSR count). The molecule has 2 amide bonds. The molecule has 0 aliphatic carbocycles. The van der Waals surface area contributed by atoms with Gasteiger partial charge in [-0.25, -0.2) is 0 Å². The molecule has 0 bridgehead atoms. The third kappa shape index (κ3) is 4.71. The van der Waals surface area contributed by atoms with Crippen molar-refractivity contribution in [3.8, 4) is 0 Å². The Morgan fingerprint density at radius 3 is 2.57 bits per heavy atom. The van der Waals surface area contributed by atoms with Crippen molar-refractivity contribution in [1.29, 1.82) is 0 Å². The summed E-state index contributed by atoms with van der Waals surface area (Å²) in [6.45, 7) is 3.02. The standard InChI is InChI=1S/C22H23N5O2S/c1-15-3-5-16(6-4-15)12-27-13-17(11-20(27)28)21(29)24-18-7-9-19(10-8-18)30-22-25-23-14-26(22)2/h3-10,14,17H,11-13H2,1-2H3,(H,24,29). The van der Waals surface area contributed by atoms with Gasteiger partial charge in [0, 0.05) is 37.1 Å². The smallest absolute Gasteiger partial charge is 0.229 e. The summed E-state index contributed by atoms with van der Waals surface area (Å²) >= 11 is 1.50. The summed E-state index contributed by atoms with van der Waals surface area (Å²) in [6.07, 6.45) is 1.90. The number of aromatic nitrogens is 3. The van der Waals surface area contributed by atoms with Crippen LogP contribution in [0.15, 0.2) is 64.9 Å². The Kier molecular flexibility index (Phi) is 5.85. The molecule has 7 nitrogen and oxygen atoms in total. The average Bonchev–Trinajstić information content (AvgIpc) is 3.31. The minimum atomic E-state index is -0.337. The minimum Gasteiger partial charge on any atom is -0.338 e. The van der Waals surface area contributed by atoms with Crippen LogP contribution in [-0.2, 0) is 23.2 Å². The predicted octanol–water partition coefficient (Wildman–Crippen LogP) is 3.26. The first-order valence-electron chi connectivity index (χ1n) is 9.74. The van der Waals surface area contributed by atoms with Gasteiger partial charge in [0.25, 0.3) is 0 Å². The number of anilines is 1. The van der Waals surface area contributed by atoms with E-state index in [9.17, 15) is 9.59 Å². The number of amides is 2. The molecule has 2 aromatic carbocycles. The zero-order valence-corrected chi connectivity index (χ0v) is 17.7. The summed E-state index contributed by atoms with van der Waals surface area (Å²) in [5, 5.41) is 11.6. The Hall–Kier alpha value is -3.13. The van der Waals surface area contributed by atoms with E-state index >= 15 is 0 Å². The highest BCUT2D eigenvalue weighted by molar-refractivity contribution is 7.99. The molecule has 30 heavy (non-hydrogen) atoms. The fraction of sp³-hybridized carbons (Fsp3) is 0.273. The first-order chi connectivity index (χ1) is 14.5. The third-order valence-electron chi connectivity index (χ3n) is 5.08. The lowest BCUT2D eigenvalue weighted by molar-refractivity contribution is -0.128. The van der Waals surface area contributed by atoms with Gasteiger partial charge >= 0.3 is 0 Å². The lowest BCUT2D eigenvalue weighted by Crippen LogP contribution is -2.28. The summed E-state index contributed by atoms with van der Waals surface area (Å²) in [6, 6.07) is 15.7. The molecule has 1 fully saturated rings. The number of nitrogens with one attached hydrogen (secondary N) is 1. The van der Waals surface area contributed by atoms with Gasteiger partial charge in [-0.3, -0.25) is 9.59 Å². The molecule has 1 aliphatic rings. The van der Waals surface area contributed by atoms with Gasteiger partial charge in [-0.1, -0.05) is 29.8 Å². The van der Waals surface area contributed by atoms with Crippen molar-refractivity contribution in [1.82, 2.24) is 19.7 Å². The van der Waals surface area contributed by atoms with Crippen LogP contribution < -0.4 is 5.32 Å². The van der Waals surface area contributed by atoms with E-state index in [-0.39, 0.29) is 24.2 Å². The number of likely N-dealkylation sites (tertiary alicyclic amines) is 1. The maximum atomic E-state index is 12.7. The van der Waals surface area contributed by atoms with Gasteiger partial charge in [0.15, 0.2) is 5.16 Å². The van der Waals surface area contributed by atoms with Crippen LogP contribution in [0.2, 0.25) is 0 Å². The number of nitrogens with zero attached hydrogens (tertiary/aromatic N) is 4. The molecular weight excluding hydrogens is 398 g/mol. The second-order valence-electron chi connectivity index (χ2n) is 7.50. The van der Waals surface area contributed by atoms with E-state index in [1.807, 2.05) is 67.1 Å². The molecule has 0 radical (unpaired) electrons. The quantitative estimate of drug-likeness (QED) is 0.661. The number of hydrogen-bond acceptors (Lipinski definition) is 5. The van der Waals surface area contributed by atoms with E-state index in [0.717, 1.165) is 15.6 Å². The van der Waals surface area contributed by atoms with Crippen LogP contribution in [0.3, 0.4) is 0 Å². The lowest BCUT2D eigenvalue weighted by Gasteiger charge is -2.17. The highest BCUT2D eigenvalue weighted by atomic mass is 32.2. The molecule has 0 saturated carbocycles. The van der Waals surface area contributed by atoms with Crippen LogP contribution in [0, 0.1) is 12.8 Å². The first kappa shape index (κ1) is 20.2. The SMILES string of the molecule is Cc1ccc(CN2CC(C(=O)Nc3ccc(Sc4nncn4C)cc3)CC2=O)cc1. The van der Waals surface area contributed by atoms with E-state index in [1.165, 1.54) is 17.3 Å². The Bertz CT molecular complexity index is 1050. The van der Waals surface area contributed by atoms with Gasteiger partial charge in [0.1, 0.15) is 6.33 Å². The molecule has 1 aromatic heterocycles. The number of rotatable bonds is 6. The monoisotopic (exact) mass is 421 g/mol. The van der Waals surface area contributed by atoms with Gasteiger partial charge in [0.2, 0.25) is 11.8 Å². The van der Waals surface area contributed by atoms with Crippen molar-refractivity contribution >= 4 is 29.3 Å². The minimum absolute atomic E-state index is 0.0196. The van der Waals surface area contributed by atoms with Crippen LogP contribution in [0.25, 0.3) is 0 Å². The fourth-order valence-electron chi connectivity index (χ4n) is 3.34. The summed E-state index contributed by atoms with van der Waals surface area (Å²) in [7, 11) is 1.89. The van der Waals surface area contributed by atoms with E-state index in [2.05, 4.69) is 15.5 Å². The number of carbonyl (C=O) groups is 2. The van der Waals surface area contributed by atoms with E-state index < -0.39 is 0 Å². The fourth-order valence-corrected chi connectivity index (χ4v) is 4.10. The molecule has 3 aromatic rings. The Morgan fingerprint density at radius 2 is 1.90 bits per heavy atom. The zero-order chi connectivity index (χ0) is 21.1. The topological polar surface area (TPSA) is 80.1 Å². The van der Waals surface area contributed by atoms with Gasteiger partial charge in [-0.15, -0.1) is 10.2 Å². The molecule has 1 unspecified atom stereocenters. The van der Waals surface area contributed by atoms with Gasteiger partial charge < -0.3 is 14.8 Å². The normalized spacial score (nSPS) is 16.1. The highest BCUT2D eigenvalue weighted by Gasteiger charge is 2.34. The molecule has 1 atom stereocenters. The molecular formula is C22H23N5O2S. The van der Waals surface area contributed by atoms with Crippen LogP contribution in [0.5, 0.6) is 0 Å². The van der Waals surface area contributed by atoms with Gasteiger partial charge in [-0.05, 0) is 48.5 Å². The van der Waals surface area contributed by atoms with Crippen molar-refractivity contribution in [3.05, 3.63) is 66.0 Å². The molecule has 8 heteroatoms. The second kappa shape index (κ2) is 8.71. The second-order valence-corrected chi connectivity index (χ2v) is 8.54. The average molecular weight is 422 g/mol. The Labute approximate surface area is 179 Å². The van der Waals surface area contributed by atoms with Crippen LogP contribution in [0.1, 0.15) is 17.5 Å². The number of benzene rings is 2. The van der Waals surface area contributed by atoms with Gasteiger partial charge in [-0.2, -0.15) is 0 Å². The predicted molar refractivity (Wildman–Crippen MR) is 115 cm³/mol. The van der Waals surface area contributed by atoms with Crippen LogP contribution in [0.4, 0.5) is 5.69 Å². The van der Waals surface area contributed by atoms with Crippen molar-refractivity contribution in [2.45, 2.75) is 29.9 Å². The Morgan fingerprint density at radius 1 is 1.17 bits per heavy atom. The number of aryl methyl sites for hydroxylation is 2. The van der Waals surface area contributed by atoms with Crippen LogP contribution >= 0.6 is 11.8 Å². The zero-order valence-electron chi connectivity index (χ0n) is 16.9. The molecule has 0 spiro atoms. The first-order valence-corrected chi connectivity index (χ1v) is 10.6. The van der Waals surface area contributed by atoms with E-state index in [0.29, 0.717) is 18.8 Å². The van der Waals surface area contributed by atoms with Crippen molar-refractivity contribution in [2.75, 3.05) is 11.9 Å².